The Hall–Kier alpha value is -0.610. The van der Waals surface area contributed by atoms with Crippen LogP contribution in [0.2, 0.25) is 0 Å². The largest absolute Gasteiger partial charge is 0.368 e. The quantitative estimate of drug-likeness (QED) is 0.718. The van der Waals surface area contributed by atoms with E-state index in [0.29, 0.717) is 0 Å². The normalized spacial score (nSPS) is 30.1. The van der Waals surface area contributed by atoms with Crippen molar-refractivity contribution < 1.29 is 9.53 Å². The summed E-state index contributed by atoms with van der Waals surface area (Å²) < 4.78 is 5.57. The predicted octanol–water partition coefficient (Wildman–Crippen LogP) is 0.766. The van der Waals surface area contributed by atoms with Gasteiger partial charge in [-0.1, -0.05) is 0 Å². The van der Waals surface area contributed by atoms with E-state index in [9.17, 15) is 4.79 Å². The third kappa shape index (κ3) is 2.38. The highest BCUT2D eigenvalue weighted by atomic mass is 16.5. The van der Waals surface area contributed by atoms with Gasteiger partial charge in [0.1, 0.15) is 6.10 Å². The second-order valence-electron chi connectivity index (χ2n) is 5.33. The molecule has 16 heavy (non-hydrogen) atoms. The van der Waals surface area contributed by atoms with E-state index in [4.69, 9.17) is 4.74 Å². The van der Waals surface area contributed by atoms with E-state index < -0.39 is 0 Å². The fourth-order valence-corrected chi connectivity index (χ4v) is 2.50. The molecule has 2 rings (SSSR count). The average molecular weight is 226 g/mol. The molecule has 1 amide bonds. The maximum atomic E-state index is 12.3. The second-order valence-corrected chi connectivity index (χ2v) is 5.33. The molecule has 2 saturated heterocycles. The molecule has 0 aromatic carbocycles. The molecule has 1 N–H and O–H groups in total. The molecule has 0 spiro atoms. The standard InChI is InChI=1S/C12H22N2O2/c1-12(2)9-13-6-7-14(12)11(15)10-5-3-4-8-16-10/h10,13H,3-9H2,1-2H3. The molecule has 2 fully saturated rings. The summed E-state index contributed by atoms with van der Waals surface area (Å²) >= 11 is 0. The van der Waals surface area contributed by atoms with Crippen LogP contribution in [0.3, 0.4) is 0 Å². The van der Waals surface area contributed by atoms with Crippen LogP contribution in [0.1, 0.15) is 33.1 Å². The molecule has 0 radical (unpaired) electrons. The maximum absolute atomic E-state index is 12.3. The van der Waals surface area contributed by atoms with Gasteiger partial charge in [0, 0.05) is 31.8 Å². The monoisotopic (exact) mass is 226 g/mol. The molecule has 0 bridgehead atoms. The van der Waals surface area contributed by atoms with Gasteiger partial charge in [0.05, 0.1) is 0 Å². The fraction of sp³-hybridized carbons (Fsp3) is 0.917. The van der Waals surface area contributed by atoms with E-state index in [-0.39, 0.29) is 17.6 Å². The van der Waals surface area contributed by atoms with Gasteiger partial charge in [-0.3, -0.25) is 4.79 Å². The number of amides is 1. The Morgan fingerprint density at radius 1 is 1.44 bits per heavy atom. The summed E-state index contributed by atoms with van der Waals surface area (Å²) in [5, 5.41) is 3.33. The Morgan fingerprint density at radius 2 is 2.25 bits per heavy atom. The summed E-state index contributed by atoms with van der Waals surface area (Å²) in [7, 11) is 0. The SMILES string of the molecule is CC1(C)CNCCN1C(=O)C1CCCCO1. The summed E-state index contributed by atoms with van der Waals surface area (Å²) in [5.74, 6) is 0.186. The summed E-state index contributed by atoms with van der Waals surface area (Å²) in [6.45, 7) is 7.52. The fourth-order valence-electron chi connectivity index (χ4n) is 2.50. The number of hydrogen-bond donors (Lipinski definition) is 1. The van der Waals surface area contributed by atoms with E-state index in [0.717, 1.165) is 45.5 Å². The van der Waals surface area contributed by atoms with Crippen molar-refractivity contribution in [1.29, 1.82) is 0 Å². The molecule has 0 saturated carbocycles. The van der Waals surface area contributed by atoms with Gasteiger partial charge in [-0.25, -0.2) is 0 Å². The third-order valence-corrected chi connectivity index (χ3v) is 3.52. The van der Waals surface area contributed by atoms with Gasteiger partial charge in [-0.2, -0.15) is 0 Å². The molecule has 4 nitrogen and oxygen atoms in total. The number of hydrogen-bond acceptors (Lipinski definition) is 3. The minimum Gasteiger partial charge on any atom is -0.368 e. The van der Waals surface area contributed by atoms with E-state index in [1.165, 1.54) is 0 Å². The highest BCUT2D eigenvalue weighted by Gasteiger charge is 2.37. The first-order valence-corrected chi connectivity index (χ1v) is 6.25. The number of ether oxygens (including phenoxy) is 1. The van der Waals surface area contributed by atoms with Crippen molar-refractivity contribution in [3.05, 3.63) is 0 Å². The Kier molecular flexibility index (Phi) is 3.50. The van der Waals surface area contributed by atoms with Crippen LogP contribution in [0.5, 0.6) is 0 Å². The van der Waals surface area contributed by atoms with E-state index in [1.807, 2.05) is 4.90 Å². The topological polar surface area (TPSA) is 41.6 Å². The predicted molar refractivity (Wildman–Crippen MR) is 62.3 cm³/mol. The molecule has 2 heterocycles. The van der Waals surface area contributed by atoms with Crippen LogP contribution in [-0.2, 0) is 9.53 Å². The van der Waals surface area contributed by atoms with Crippen LogP contribution < -0.4 is 5.32 Å². The van der Waals surface area contributed by atoms with Crippen molar-refractivity contribution in [2.75, 3.05) is 26.2 Å². The maximum Gasteiger partial charge on any atom is 0.252 e. The summed E-state index contributed by atoms with van der Waals surface area (Å²) in [4.78, 5) is 14.3. The third-order valence-electron chi connectivity index (χ3n) is 3.52. The van der Waals surface area contributed by atoms with Crippen molar-refractivity contribution in [2.45, 2.75) is 44.8 Å². The van der Waals surface area contributed by atoms with Gasteiger partial charge >= 0.3 is 0 Å². The van der Waals surface area contributed by atoms with Crippen LogP contribution >= 0.6 is 0 Å². The number of nitrogens with zero attached hydrogens (tertiary/aromatic N) is 1. The highest BCUT2D eigenvalue weighted by molar-refractivity contribution is 5.82. The Balaban J connectivity index is 2.01. The molecule has 0 aromatic heterocycles. The van der Waals surface area contributed by atoms with Crippen LogP contribution in [0, 0.1) is 0 Å². The molecule has 92 valence electrons. The lowest BCUT2D eigenvalue weighted by molar-refractivity contribution is -0.153. The van der Waals surface area contributed by atoms with Crippen molar-refractivity contribution >= 4 is 5.91 Å². The zero-order chi connectivity index (χ0) is 11.6. The van der Waals surface area contributed by atoms with Crippen molar-refractivity contribution in [3.8, 4) is 0 Å². The van der Waals surface area contributed by atoms with Crippen molar-refractivity contribution in [2.24, 2.45) is 0 Å². The summed E-state index contributed by atoms with van der Waals surface area (Å²) in [6, 6.07) is 0. The molecule has 2 aliphatic rings. The Bertz CT molecular complexity index is 260. The minimum absolute atomic E-state index is 0.0872. The average Bonchev–Trinajstić information content (AvgIpc) is 2.29. The molecule has 0 aromatic rings. The Morgan fingerprint density at radius 3 is 2.88 bits per heavy atom. The van der Waals surface area contributed by atoms with E-state index in [1.54, 1.807) is 0 Å². The van der Waals surface area contributed by atoms with Gasteiger partial charge in [0.2, 0.25) is 0 Å². The number of carbonyl (C=O) groups is 1. The lowest BCUT2D eigenvalue weighted by Gasteiger charge is -2.44. The van der Waals surface area contributed by atoms with Gasteiger partial charge in [0.25, 0.3) is 5.91 Å². The van der Waals surface area contributed by atoms with Crippen molar-refractivity contribution in [1.82, 2.24) is 10.2 Å². The van der Waals surface area contributed by atoms with Crippen LogP contribution in [-0.4, -0.2) is 48.7 Å². The number of rotatable bonds is 1. The molecular weight excluding hydrogens is 204 g/mol. The molecule has 1 unspecified atom stereocenters. The number of nitrogens with one attached hydrogen (secondary N) is 1. The minimum atomic E-state index is -0.189. The van der Waals surface area contributed by atoms with E-state index in [2.05, 4.69) is 19.2 Å². The van der Waals surface area contributed by atoms with Crippen molar-refractivity contribution in [3.63, 3.8) is 0 Å². The first-order chi connectivity index (χ1) is 7.61. The lowest BCUT2D eigenvalue weighted by Crippen LogP contribution is -2.62. The Labute approximate surface area is 97.3 Å². The van der Waals surface area contributed by atoms with E-state index >= 15 is 0 Å². The molecule has 4 heteroatoms. The highest BCUT2D eigenvalue weighted by Crippen LogP contribution is 2.22. The summed E-state index contributed by atoms with van der Waals surface area (Å²) in [5.41, 5.74) is -0.0872. The number of piperazine rings is 1. The van der Waals surface area contributed by atoms with Gasteiger partial charge in [-0.05, 0) is 33.1 Å². The first kappa shape index (κ1) is 11.9. The smallest absolute Gasteiger partial charge is 0.252 e. The van der Waals surface area contributed by atoms with Crippen LogP contribution in [0.25, 0.3) is 0 Å². The molecular formula is C12H22N2O2. The summed E-state index contributed by atoms with van der Waals surface area (Å²) in [6.07, 6.45) is 2.90. The van der Waals surface area contributed by atoms with Gasteiger partial charge < -0.3 is 15.0 Å². The number of carbonyl (C=O) groups excluding carboxylic acids is 1. The zero-order valence-corrected chi connectivity index (χ0v) is 10.3. The molecule has 1 atom stereocenters. The molecule has 2 aliphatic heterocycles. The van der Waals surface area contributed by atoms with Gasteiger partial charge in [-0.15, -0.1) is 0 Å². The van der Waals surface area contributed by atoms with Crippen LogP contribution in [0.15, 0.2) is 0 Å². The second kappa shape index (κ2) is 4.72. The van der Waals surface area contributed by atoms with Gasteiger partial charge in [0.15, 0.2) is 0 Å². The molecule has 0 aliphatic carbocycles. The lowest BCUT2D eigenvalue weighted by atomic mass is 9.98. The first-order valence-electron chi connectivity index (χ1n) is 6.25. The van der Waals surface area contributed by atoms with Crippen LogP contribution in [0.4, 0.5) is 0 Å². The zero-order valence-electron chi connectivity index (χ0n) is 10.3.